The molecule has 4 rings (SSSR count). The molecule has 4 heteroatoms. The molecule has 0 N–H and O–H groups in total. The van der Waals surface area contributed by atoms with Crippen molar-refractivity contribution in [2.45, 2.75) is 19.1 Å². The molecule has 3 aromatic rings. The minimum atomic E-state index is -0.449. The first-order chi connectivity index (χ1) is 11.8. The second kappa shape index (κ2) is 6.42. The molecule has 120 valence electrons. The van der Waals surface area contributed by atoms with Crippen LogP contribution in [-0.2, 0) is 17.8 Å². The third kappa shape index (κ3) is 2.65. The molecule has 1 aromatic heterocycles. The molecule has 2 heterocycles. The molecule has 1 aliphatic rings. The summed E-state index contributed by atoms with van der Waals surface area (Å²) in [5, 5.41) is 4.54. The molecule has 0 amide bonds. The number of ketones is 1. The Labute approximate surface area is 140 Å². The number of nitrogens with zero attached hydrogens (tertiary/aromatic N) is 2. The lowest BCUT2D eigenvalue weighted by atomic mass is 9.97. The summed E-state index contributed by atoms with van der Waals surface area (Å²) in [6, 6.07) is 18.8. The Morgan fingerprint density at radius 3 is 2.50 bits per heavy atom. The third-order valence-corrected chi connectivity index (χ3v) is 4.39. The van der Waals surface area contributed by atoms with Gasteiger partial charge in [0.05, 0.1) is 19.4 Å². The number of hydrogen-bond acceptors (Lipinski definition) is 3. The lowest BCUT2D eigenvalue weighted by Crippen LogP contribution is -2.25. The first-order valence-electron chi connectivity index (χ1n) is 8.12. The van der Waals surface area contributed by atoms with Crippen LogP contribution in [0.4, 0.5) is 0 Å². The predicted molar refractivity (Wildman–Crippen MR) is 90.9 cm³/mol. The summed E-state index contributed by atoms with van der Waals surface area (Å²) in [5.74, 6) is 0.0548. The van der Waals surface area contributed by atoms with Crippen LogP contribution >= 0.6 is 0 Å². The molecule has 2 aromatic carbocycles. The summed E-state index contributed by atoms with van der Waals surface area (Å²) in [4.78, 5) is 13.2. The fourth-order valence-electron chi connectivity index (χ4n) is 3.19. The highest BCUT2D eigenvalue weighted by molar-refractivity contribution is 6.00. The molecule has 4 nitrogen and oxygen atoms in total. The summed E-state index contributed by atoms with van der Waals surface area (Å²) in [5.41, 5.74) is 3.81. The minimum Gasteiger partial charge on any atom is -0.376 e. The van der Waals surface area contributed by atoms with Crippen LogP contribution < -0.4 is 0 Å². The molecule has 1 aliphatic heterocycles. The number of Topliss-reactive ketones (excluding diaryl/α,β-unsaturated/α-hetero) is 1. The van der Waals surface area contributed by atoms with Crippen molar-refractivity contribution in [3.63, 3.8) is 0 Å². The lowest BCUT2D eigenvalue weighted by Gasteiger charge is -2.22. The maximum absolute atomic E-state index is 13.2. The Morgan fingerprint density at radius 1 is 1.04 bits per heavy atom. The number of carbonyl (C=O) groups excluding carboxylic acids is 1. The Morgan fingerprint density at radius 2 is 1.75 bits per heavy atom. The second-order valence-corrected chi connectivity index (χ2v) is 5.91. The fourth-order valence-corrected chi connectivity index (χ4v) is 3.19. The largest absolute Gasteiger partial charge is 0.376 e. The Balaban J connectivity index is 1.83. The highest BCUT2D eigenvalue weighted by Gasteiger charge is 2.28. The normalized spacial score (nSPS) is 14.8. The van der Waals surface area contributed by atoms with E-state index in [1.807, 2.05) is 71.5 Å². The van der Waals surface area contributed by atoms with E-state index in [9.17, 15) is 4.79 Å². The molecule has 1 unspecified atom stereocenters. The quantitative estimate of drug-likeness (QED) is 0.692. The van der Waals surface area contributed by atoms with Gasteiger partial charge in [0.25, 0.3) is 0 Å². The van der Waals surface area contributed by atoms with Crippen LogP contribution in [-0.4, -0.2) is 22.2 Å². The molecular formula is C20H18N2O2. The van der Waals surface area contributed by atoms with Gasteiger partial charge in [-0.2, -0.15) is 5.10 Å². The minimum absolute atomic E-state index is 0.0548. The zero-order valence-corrected chi connectivity index (χ0v) is 13.3. The summed E-state index contributed by atoms with van der Waals surface area (Å²) in [6.07, 6.45) is 2.60. The summed E-state index contributed by atoms with van der Waals surface area (Å²) >= 11 is 0. The zero-order valence-electron chi connectivity index (χ0n) is 13.3. The molecule has 0 saturated heterocycles. The first-order valence-corrected chi connectivity index (χ1v) is 8.12. The number of aromatic nitrogens is 2. The van der Waals surface area contributed by atoms with Gasteiger partial charge in [-0.05, 0) is 5.56 Å². The van der Waals surface area contributed by atoms with Crippen molar-refractivity contribution in [3.8, 4) is 0 Å². The second-order valence-electron chi connectivity index (χ2n) is 5.91. The van der Waals surface area contributed by atoms with Crippen molar-refractivity contribution >= 4 is 5.78 Å². The monoisotopic (exact) mass is 318 g/mol. The predicted octanol–water partition coefficient (Wildman–Crippen LogP) is 3.43. The summed E-state index contributed by atoms with van der Waals surface area (Å²) < 4.78 is 7.38. The van der Waals surface area contributed by atoms with Crippen LogP contribution in [0.2, 0.25) is 0 Å². The highest BCUT2D eigenvalue weighted by Crippen LogP contribution is 2.27. The maximum Gasteiger partial charge on any atom is 0.191 e. The number of ether oxygens (including phenoxy) is 1. The number of rotatable bonds is 4. The summed E-state index contributed by atoms with van der Waals surface area (Å²) in [7, 11) is 0. The topological polar surface area (TPSA) is 44.1 Å². The van der Waals surface area contributed by atoms with Crippen LogP contribution in [0.25, 0.3) is 0 Å². The maximum atomic E-state index is 13.2. The molecule has 0 bridgehead atoms. The van der Waals surface area contributed by atoms with Gasteiger partial charge in [-0.25, -0.2) is 0 Å². The fraction of sp³-hybridized carbons (Fsp3) is 0.200. The van der Waals surface area contributed by atoms with Crippen LogP contribution in [0.3, 0.4) is 0 Å². The van der Waals surface area contributed by atoms with Crippen LogP contribution in [0.15, 0.2) is 66.9 Å². The van der Waals surface area contributed by atoms with E-state index in [4.69, 9.17) is 4.74 Å². The average Bonchev–Trinajstić information content (AvgIpc) is 3.07. The SMILES string of the molecule is O=C(c1ccccc1)C(c1ccccc1)n1ncc2c1CCOC2. The average molecular weight is 318 g/mol. The van der Waals surface area contributed by atoms with Crippen LogP contribution in [0.5, 0.6) is 0 Å². The summed E-state index contributed by atoms with van der Waals surface area (Å²) in [6.45, 7) is 1.23. The third-order valence-electron chi connectivity index (χ3n) is 4.39. The molecule has 0 aliphatic carbocycles. The zero-order chi connectivity index (χ0) is 16.4. The van der Waals surface area contributed by atoms with E-state index in [2.05, 4.69) is 5.10 Å². The molecule has 0 saturated carbocycles. The van der Waals surface area contributed by atoms with Gasteiger partial charge in [0.15, 0.2) is 5.78 Å². The van der Waals surface area contributed by atoms with Crippen molar-refractivity contribution in [2.24, 2.45) is 0 Å². The van der Waals surface area contributed by atoms with Crippen LogP contribution in [0, 0.1) is 0 Å². The smallest absolute Gasteiger partial charge is 0.191 e. The van der Waals surface area contributed by atoms with Crippen molar-refractivity contribution < 1.29 is 9.53 Å². The van der Waals surface area contributed by atoms with E-state index in [0.717, 1.165) is 23.2 Å². The van der Waals surface area contributed by atoms with E-state index >= 15 is 0 Å². The Bertz CT molecular complexity index is 841. The van der Waals surface area contributed by atoms with Crippen molar-refractivity contribution in [1.29, 1.82) is 0 Å². The molecule has 1 atom stereocenters. The Hall–Kier alpha value is -2.72. The van der Waals surface area contributed by atoms with E-state index in [-0.39, 0.29) is 5.78 Å². The number of fused-ring (bicyclic) bond motifs is 1. The Kier molecular flexibility index (Phi) is 3.97. The van der Waals surface area contributed by atoms with Gasteiger partial charge in [-0.3, -0.25) is 9.48 Å². The molecule has 0 spiro atoms. The van der Waals surface area contributed by atoms with Gasteiger partial charge in [0, 0.05) is 23.2 Å². The number of benzene rings is 2. The van der Waals surface area contributed by atoms with Crippen molar-refractivity contribution in [2.75, 3.05) is 6.61 Å². The van der Waals surface area contributed by atoms with Gasteiger partial charge in [0.1, 0.15) is 6.04 Å². The van der Waals surface area contributed by atoms with E-state index < -0.39 is 6.04 Å². The van der Waals surface area contributed by atoms with Gasteiger partial charge >= 0.3 is 0 Å². The number of carbonyl (C=O) groups is 1. The van der Waals surface area contributed by atoms with E-state index in [0.29, 0.717) is 18.8 Å². The van der Waals surface area contributed by atoms with Crippen molar-refractivity contribution in [1.82, 2.24) is 9.78 Å². The van der Waals surface area contributed by atoms with Gasteiger partial charge in [0.2, 0.25) is 0 Å². The van der Waals surface area contributed by atoms with Gasteiger partial charge < -0.3 is 4.74 Å². The van der Waals surface area contributed by atoms with Crippen molar-refractivity contribution in [3.05, 3.63) is 89.2 Å². The van der Waals surface area contributed by atoms with E-state index in [1.54, 1.807) is 0 Å². The lowest BCUT2D eigenvalue weighted by molar-refractivity contribution is 0.0923. The van der Waals surface area contributed by atoms with Gasteiger partial charge in [-0.1, -0.05) is 60.7 Å². The molecule has 0 fully saturated rings. The standard InChI is InChI=1S/C20H18N2O2/c23-20(16-9-5-2-6-10-16)19(15-7-3-1-4-8-15)22-18-11-12-24-14-17(18)13-21-22/h1-10,13,19H,11-12,14H2. The molecule has 0 radical (unpaired) electrons. The van der Waals surface area contributed by atoms with Gasteiger partial charge in [-0.15, -0.1) is 0 Å². The first kappa shape index (κ1) is 14.8. The van der Waals surface area contributed by atoms with Crippen LogP contribution in [0.1, 0.15) is 33.2 Å². The van der Waals surface area contributed by atoms with E-state index in [1.165, 1.54) is 0 Å². The molecular weight excluding hydrogens is 300 g/mol. The molecule has 24 heavy (non-hydrogen) atoms. The number of hydrogen-bond donors (Lipinski definition) is 0. The highest BCUT2D eigenvalue weighted by atomic mass is 16.5.